The molecule has 2 N–H and O–H groups in total. The fourth-order valence-electron chi connectivity index (χ4n) is 2.27. The molecular formula is C14H16ClFN2O3. The van der Waals surface area contributed by atoms with E-state index in [2.05, 4.69) is 5.32 Å². The van der Waals surface area contributed by atoms with Gasteiger partial charge in [-0.15, -0.1) is 0 Å². The van der Waals surface area contributed by atoms with Crippen LogP contribution in [0.15, 0.2) is 18.2 Å². The van der Waals surface area contributed by atoms with E-state index in [1.165, 1.54) is 12.1 Å². The van der Waals surface area contributed by atoms with Gasteiger partial charge >= 0.3 is 5.97 Å². The number of nitrogens with zero attached hydrogens (tertiary/aromatic N) is 1. The number of halogens is 2. The molecule has 1 aromatic rings. The first-order chi connectivity index (χ1) is 9.97. The minimum absolute atomic E-state index is 0.0302. The van der Waals surface area contributed by atoms with Gasteiger partial charge in [-0.2, -0.15) is 0 Å². The van der Waals surface area contributed by atoms with E-state index in [1.807, 2.05) is 0 Å². The number of amides is 1. The lowest BCUT2D eigenvalue weighted by Gasteiger charge is -2.30. The molecule has 1 amide bonds. The number of hydrogen-bond acceptors (Lipinski definition) is 3. The van der Waals surface area contributed by atoms with Crippen LogP contribution in [0.4, 0.5) is 10.1 Å². The summed E-state index contributed by atoms with van der Waals surface area (Å²) < 4.78 is 13.3. The lowest BCUT2D eigenvalue weighted by molar-refractivity contribution is -0.145. The lowest BCUT2D eigenvalue weighted by atomic mass is 9.97. The predicted octanol–water partition coefficient (Wildman–Crippen LogP) is 2.21. The molecule has 0 saturated carbocycles. The predicted molar refractivity (Wildman–Crippen MR) is 76.8 cm³/mol. The van der Waals surface area contributed by atoms with Crippen LogP contribution in [0.1, 0.15) is 12.8 Å². The zero-order valence-corrected chi connectivity index (χ0v) is 12.1. The maximum atomic E-state index is 13.3. The Hall–Kier alpha value is -1.82. The Morgan fingerprint density at radius 3 is 2.62 bits per heavy atom. The quantitative estimate of drug-likeness (QED) is 0.894. The molecule has 0 spiro atoms. The molecule has 0 aromatic heterocycles. The van der Waals surface area contributed by atoms with Crippen LogP contribution in [-0.2, 0) is 9.59 Å². The minimum atomic E-state index is -0.808. The first-order valence-electron chi connectivity index (χ1n) is 6.67. The number of piperidine rings is 1. The zero-order valence-electron chi connectivity index (χ0n) is 11.3. The Kier molecular flexibility index (Phi) is 5.01. The molecule has 2 rings (SSSR count). The van der Waals surface area contributed by atoms with Crippen molar-refractivity contribution in [3.63, 3.8) is 0 Å². The number of carboxylic acids is 1. The van der Waals surface area contributed by atoms with Crippen LogP contribution in [0.3, 0.4) is 0 Å². The van der Waals surface area contributed by atoms with Crippen LogP contribution in [0, 0.1) is 11.7 Å². The van der Waals surface area contributed by atoms with Crippen molar-refractivity contribution in [2.75, 3.05) is 25.0 Å². The Balaban J connectivity index is 1.82. The van der Waals surface area contributed by atoms with Crippen LogP contribution >= 0.6 is 11.6 Å². The SMILES string of the molecule is O=C(O)C1CCN(C(=O)CNc2ccc(Cl)c(F)c2)CC1. The van der Waals surface area contributed by atoms with Crippen LogP contribution in [0.25, 0.3) is 0 Å². The average Bonchev–Trinajstić information content (AvgIpc) is 2.48. The number of aliphatic carboxylic acids is 1. The molecule has 0 unspecified atom stereocenters. The number of rotatable bonds is 4. The average molecular weight is 315 g/mol. The minimum Gasteiger partial charge on any atom is -0.481 e. The van der Waals surface area contributed by atoms with Crippen LogP contribution in [0.5, 0.6) is 0 Å². The summed E-state index contributed by atoms with van der Waals surface area (Å²) in [6.45, 7) is 0.914. The first-order valence-corrected chi connectivity index (χ1v) is 7.04. The monoisotopic (exact) mass is 314 g/mol. The molecule has 5 nitrogen and oxygen atoms in total. The van der Waals surface area contributed by atoms with Crippen molar-refractivity contribution in [1.82, 2.24) is 4.90 Å². The number of carbonyl (C=O) groups is 2. The summed E-state index contributed by atoms with van der Waals surface area (Å²) in [5.74, 6) is -1.85. The number of benzene rings is 1. The number of nitrogens with one attached hydrogen (secondary N) is 1. The van der Waals surface area contributed by atoms with Gasteiger partial charge in [-0.25, -0.2) is 4.39 Å². The summed E-state index contributed by atoms with van der Waals surface area (Å²) >= 11 is 5.58. The van der Waals surface area contributed by atoms with Gasteiger partial charge in [-0.3, -0.25) is 9.59 Å². The van der Waals surface area contributed by atoms with E-state index in [0.717, 1.165) is 0 Å². The van der Waals surface area contributed by atoms with E-state index in [1.54, 1.807) is 11.0 Å². The fraction of sp³-hybridized carbons (Fsp3) is 0.429. The summed E-state index contributed by atoms with van der Waals surface area (Å²) in [7, 11) is 0. The molecular weight excluding hydrogens is 299 g/mol. The van der Waals surface area contributed by atoms with E-state index < -0.39 is 11.8 Å². The summed E-state index contributed by atoms with van der Waals surface area (Å²) in [5.41, 5.74) is 0.477. The van der Waals surface area contributed by atoms with Gasteiger partial charge in [0, 0.05) is 18.8 Å². The maximum Gasteiger partial charge on any atom is 0.306 e. The van der Waals surface area contributed by atoms with Crippen LogP contribution in [-0.4, -0.2) is 41.5 Å². The molecule has 7 heteroatoms. The zero-order chi connectivity index (χ0) is 15.4. The highest BCUT2D eigenvalue weighted by atomic mass is 35.5. The molecule has 0 atom stereocenters. The van der Waals surface area contributed by atoms with Crippen molar-refractivity contribution in [3.05, 3.63) is 29.0 Å². The topological polar surface area (TPSA) is 69.6 Å². The largest absolute Gasteiger partial charge is 0.481 e. The third-order valence-corrected chi connectivity index (χ3v) is 3.87. The standard InChI is InChI=1S/C14H16ClFN2O3/c15-11-2-1-10(7-12(11)16)17-8-13(19)18-5-3-9(4-6-18)14(20)21/h1-2,7,9,17H,3-6,8H2,(H,20,21). The molecule has 1 aliphatic heterocycles. The smallest absolute Gasteiger partial charge is 0.306 e. The van der Waals surface area contributed by atoms with Crippen molar-refractivity contribution >= 4 is 29.2 Å². The Morgan fingerprint density at radius 2 is 2.05 bits per heavy atom. The molecule has 1 saturated heterocycles. The van der Waals surface area contributed by atoms with Gasteiger partial charge in [0.25, 0.3) is 0 Å². The third kappa shape index (κ3) is 4.07. The van der Waals surface area contributed by atoms with Gasteiger partial charge in [0.15, 0.2) is 0 Å². The second kappa shape index (κ2) is 6.76. The fourth-order valence-corrected chi connectivity index (χ4v) is 2.39. The summed E-state index contributed by atoms with van der Waals surface area (Å²) in [6, 6.07) is 4.24. The number of likely N-dealkylation sites (tertiary alicyclic amines) is 1. The number of hydrogen-bond donors (Lipinski definition) is 2. The second-order valence-corrected chi connectivity index (χ2v) is 5.38. The van der Waals surface area contributed by atoms with Crippen LogP contribution < -0.4 is 5.32 Å². The van der Waals surface area contributed by atoms with Crippen molar-refractivity contribution in [2.24, 2.45) is 5.92 Å². The second-order valence-electron chi connectivity index (χ2n) is 4.98. The van der Waals surface area contributed by atoms with E-state index >= 15 is 0 Å². The highest BCUT2D eigenvalue weighted by Gasteiger charge is 2.26. The molecule has 1 aromatic carbocycles. The maximum absolute atomic E-state index is 13.3. The van der Waals surface area contributed by atoms with Crippen LogP contribution in [0.2, 0.25) is 5.02 Å². The van der Waals surface area contributed by atoms with Gasteiger partial charge in [0.1, 0.15) is 5.82 Å². The molecule has 1 heterocycles. The van der Waals surface area contributed by atoms with Gasteiger partial charge < -0.3 is 15.3 Å². The Labute approximate surface area is 126 Å². The molecule has 1 aliphatic rings. The number of carboxylic acid groups (broad SMARTS) is 1. The molecule has 0 aliphatic carbocycles. The van der Waals surface area contributed by atoms with Crippen molar-refractivity contribution in [2.45, 2.75) is 12.8 Å². The Bertz CT molecular complexity index is 545. The van der Waals surface area contributed by atoms with Gasteiger partial charge in [-0.05, 0) is 31.0 Å². The van der Waals surface area contributed by atoms with Gasteiger partial charge in [0.05, 0.1) is 17.5 Å². The summed E-state index contributed by atoms with van der Waals surface area (Å²) in [5, 5.41) is 11.8. The lowest BCUT2D eigenvalue weighted by Crippen LogP contribution is -2.42. The highest BCUT2D eigenvalue weighted by molar-refractivity contribution is 6.30. The number of anilines is 1. The van der Waals surface area contributed by atoms with Crippen molar-refractivity contribution < 1.29 is 19.1 Å². The van der Waals surface area contributed by atoms with Gasteiger partial charge in [0.2, 0.25) is 5.91 Å². The van der Waals surface area contributed by atoms with E-state index in [9.17, 15) is 14.0 Å². The van der Waals surface area contributed by atoms with E-state index in [4.69, 9.17) is 16.7 Å². The molecule has 21 heavy (non-hydrogen) atoms. The number of carbonyl (C=O) groups excluding carboxylic acids is 1. The Morgan fingerprint density at radius 1 is 1.38 bits per heavy atom. The van der Waals surface area contributed by atoms with E-state index in [-0.39, 0.29) is 23.4 Å². The summed E-state index contributed by atoms with van der Waals surface area (Å²) in [6.07, 6.45) is 0.938. The van der Waals surface area contributed by atoms with Crippen molar-refractivity contribution in [1.29, 1.82) is 0 Å². The van der Waals surface area contributed by atoms with Gasteiger partial charge in [-0.1, -0.05) is 11.6 Å². The molecule has 0 radical (unpaired) electrons. The van der Waals surface area contributed by atoms with Crippen molar-refractivity contribution in [3.8, 4) is 0 Å². The molecule has 1 fully saturated rings. The molecule has 0 bridgehead atoms. The summed E-state index contributed by atoms with van der Waals surface area (Å²) in [4.78, 5) is 24.5. The highest BCUT2D eigenvalue weighted by Crippen LogP contribution is 2.19. The third-order valence-electron chi connectivity index (χ3n) is 3.56. The van der Waals surface area contributed by atoms with E-state index in [0.29, 0.717) is 31.6 Å². The normalized spacial score (nSPS) is 15.8. The first kappa shape index (κ1) is 15.6. The molecule has 114 valence electrons.